The summed E-state index contributed by atoms with van der Waals surface area (Å²) in [6, 6.07) is 16.0. The van der Waals surface area contributed by atoms with Gasteiger partial charge in [0.2, 0.25) is 12.7 Å². The predicted molar refractivity (Wildman–Crippen MR) is 155 cm³/mol. The van der Waals surface area contributed by atoms with E-state index in [0.717, 1.165) is 48.5 Å². The molecular weight excluding hydrogens is 492 g/mol. The Morgan fingerprint density at radius 2 is 1.56 bits per heavy atom. The van der Waals surface area contributed by atoms with Crippen molar-refractivity contribution in [2.75, 3.05) is 45.0 Å². The number of rotatable bonds is 13. The average molecular weight is 539 g/mol. The Kier molecular flexibility index (Phi) is 11.4. The van der Waals surface area contributed by atoms with E-state index in [1.54, 1.807) is 7.11 Å². The molecule has 1 aliphatic rings. The van der Waals surface area contributed by atoms with Gasteiger partial charge >= 0.3 is 5.97 Å². The number of hydrogen-bond acceptors (Lipinski definition) is 6. The van der Waals surface area contributed by atoms with Gasteiger partial charge in [0.1, 0.15) is 5.75 Å². The highest BCUT2D eigenvalue weighted by Gasteiger charge is 2.42. The molecule has 3 rings (SSSR count). The number of amides is 1. The van der Waals surface area contributed by atoms with Gasteiger partial charge in [-0.3, -0.25) is 9.59 Å². The van der Waals surface area contributed by atoms with Crippen LogP contribution in [0, 0.1) is 0 Å². The van der Waals surface area contributed by atoms with Crippen molar-refractivity contribution in [3.8, 4) is 5.75 Å². The van der Waals surface area contributed by atoms with E-state index in [-0.39, 0.29) is 18.7 Å². The number of carbonyl (C=O) groups is 2. The smallest absolute Gasteiger partial charge is 0.309 e. The van der Waals surface area contributed by atoms with Gasteiger partial charge < -0.3 is 24.0 Å². The summed E-state index contributed by atoms with van der Waals surface area (Å²) in [5, 5.41) is 0. The van der Waals surface area contributed by atoms with Crippen molar-refractivity contribution in [2.45, 2.75) is 77.7 Å². The first-order valence-electron chi connectivity index (χ1n) is 14.2. The molecule has 0 spiro atoms. The molecule has 1 saturated heterocycles. The molecule has 7 nitrogen and oxygen atoms in total. The fourth-order valence-corrected chi connectivity index (χ4v) is 5.44. The van der Waals surface area contributed by atoms with Gasteiger partial charge in [-0.15, -0.1) is 0 Å². The molecule has 2 aromatic carbocycles. The Labute approximate surface area is 234 Å². The number of anilines is 1. The normalized spacial score (nSPS) is 15.4. The number of esters is 1. The minimum atomic E-state index is -0.411. The fourth-order valence-electron chi connectivity index (χ4n) is 5.44. The van der Waals surface area contributed by atoms with Crippen LogP contribution in [0.2, 0.25) is 0 Å². The molecule has 0 aliphatic carbocycles. The molecular formula is C32H46N2O5. The molecule has 39 heavy (non-hydrogen) atoms. The summed E-state index contributed by atoms with van der Waals surface area (Å²) in [7, 11) is 1.69. The predicted octanol–water partition coefficient (Wildman–Crippen LogP) is 6.13. The van der Waals surface area contributed by atoms with Gasteiger partial charge in [0, 0.05) is 38.9 Å². The number of benzene rings is 2. The SMILES string of the molecule is CCC(=O)N(c1ccccc1)C1(COC)CCN(CCC(=O)OCOc2c(C(C)C)cccc2C(C)C)CC1. The lowest BCUT2D eigenvalue weighted by molar-refractivity contribution is -0.150. The van der Waals surface area contributed by atoms with Crippen molar-refractivity contribution in [2.24, 2.45) is 0 Å². The number of hydrogen-bond donors (Lipinski definition) is 0. The molecule has 0 saturated carbocycles. The van der Waals surface area contributed by atoms with Gasteiger partial charge in [-0.1, -0.05) is 71.0 Å². The van der Waals surface area contributed by atoms with Crippen LogP contribution < -0.4 is 9.64 Å². The molecule has 0 radical (unpaired) electrons. The van der Waals surface area contributed by atoms with Crippen LogP contribution in [0.5, 0.6) is 5.75 Å². The van der Waals surface area contributed by atoms with Crippen LogP contribution in [0.25, 0.3) is 0 Å². The number of methoxy groups -OCH3 is 1. The third-order valence-electron chi connectivity index (χ3n) is 7.62. The summed E-state index contributed by atoms with van der Waals surface area (Å²) in [6.07, 6.45) is 2.26. The first-order chi connectivity index (χ1) is 18.7. The average Bonchev–Trinajstić information content (AvgIpc) is 2.93. The van der Waals surface area contributed by atoms with Gasteiger partial charge in [-0.2, -0.15) is 0 Å². The topological polar surface area (TPSA) is 68.3 Å². The molecule has 1 fully saturated rings. The highest BCUT2D eigenvalue weighted by molar-refractivity contribution is 5.94. The van der Waals surface area contributed by atoms with Crippen LogP contribution in [-0.4, -0.2) is 62.5 Å². The Morgan fingerprint density at radius 1 is 0.949 bits per heavy atom. The lowest BCUT2D eigenvalue weighted by Gasteiger charge is -2.48. The molecule has 1 amide bonds. The van der Waals surface area contributed by atoms with Gasteiger partial charge in [0.05, 0.1) is 18.6 Å². The maximum Gasteiger partial charge on any atom is 0.309 e. The third kappa shape index (κ3) is 7.83. The van der Waals surface area contributed by atoms with Crippen LogP contribution in [-0.2, 0) is 19.1 Å². The zero-order chi connectivity index (χ0) is 28.4. The summed E-state index contributed by atoms with van der Waals surface area (Å²) in [5.41, 5.74) is 2.73. The van der Waals surface area contributed by atoms with E-state index in [9.17, 15) is 9.59 Å². The molecule has 0 atom stereocenters. The van der Waals surface area contributed by atoms with Crippen molar-refractivity contribution in [3.63, 3.8) is 0 Å². The maximum absolute atomic E-state index is 13.1. The summed E-state index contributed by atoms with van der Waals surface area (Å²) < 4.78 is 17.1. The van der Waals surface area contributed by atoms with Gasteiger partial charge in [-0.25, -0.2) is 0 Å². The molecule has 0 bridgehead atoms. The lowest BCUT2D eigenvalue weighted by Crippen LogP contribution is -2.60. The Bertz CT molecular complexity index is 1040. The Hall–Kier alpha value is -2.90. The van der Waals surface area contributed by atoms with E-state index in [0.29, 0.717) is 37.8 Å². The monoisotopic (exact) mass is 538 g/mol. The summed E-state index contributed by atoms with van der Waals surface area (Å²) >= 11 is 0. The molecule has 2 aromatic rings. The van der Waals surface area contributed by atoms with Crippen LogP contribution in [0.4, 0.5) is 5.69 Å². The quantitative estimate of drug-likeness (QED) is 0.226. The zero-order valence-electron chi connectivity index (χ0n) is 24.6. The lowest BCUT2D eigenvalue weighted by atomic mass is 9.85. The number of para-hydroxylation sites is 2. The van der Waals surface area contributed by atoms with Crippen LogP contribution >= 0.6 is 0 Å². The molecule has 7 heteroatoms. The van der Waals surface area contributed by atoms with Gasteiger partial charge in [-0.05, 0) is 47.9 Å². The largest absolute Gasteiger partial charge is 0.457 e. The second-order valence-electron chi connectivity index (χ2n) is 11.0. The van der Waals surface area contributed by atoms with Gasteiger partial charge in [0.15, 0.2) is 0 Å². The second kappa shape index (κ2) is 14.5. The van der Waals surface area contributed by atoms with Crippen LogP contribution in [0.15, 0.2) is 48.5 Å². The first kappa shape index (κ1) is 30.6. The minimum absolute atomic E-state index is 0.0925. The van der Waals surface area contributed by atoms with Crippen LogP contribution in [0.1, 0.15) is 83.3 Å². The van der Waals surface area contributed by atoms with E-state index < -0.39 is 5.54 Å². The highest BCUT2D eigenvalue weighted by atomic mass is 16.7. The number of ether oxygens (including phenoxy) is 3. The van der Waals surface area contributed by atoms with Gasteiger partial charge in [0.25, 0.3) is 0 Å². The first-order valence-corrected chi connectivity index (χ1v) is 14.2. The van der Waals surface area contributed by atoms with Crippen molar-refractivity contribution >= 4 is 17.6 Å². The number of carbonyl (C=O) groups excluding carboxylic acids is 2. The number of likely N-dealkylation sites (tertiary alicyclic amines) is 1. The molecule has 214 valence electrons. The van der Waals surface area contributed by atoms with Crippen molar-refractivity contribution in [3.05, 3.63) is 59.7 Å². The van der Waals surface area contributed by atoms with E-state index >= 15 is 0 Å². The van der Waals surface area contributed by atoms with Crippen molar-refractivity contribution in [1.29, 1.82) is 0 Å². The Morgan fingerprint density at radius 3 is 2.10 bits per heavy atom. The molecule has 1 aliphatic heterocycles. The molecule has 0 aromatic heterocycles. The van der Waals surface area contributed by atoms with Crippen LogP contribution in [0.3, 0.4) is 0 Å². The maximum atomic E-state index is 13.1. The third-order valence-corrected chi connectivity index (χ3v) is 7.62. The Balaban J connectivity index is 1.55. The van der Waals surface area contributed by atoms with Crippen molar-refractivity contribution in [1.82, 2.24) is 4.90 Å². The summed E-state index contributed by atoms with van der Waals surface area (Å²) in [5.74, 6) is 1.26. The van der Waals surface area contributed by atoms with E-state index in [1.165, 1.54) is 0 Å². The number of nitrogens with zero attached hydrogens (tertiary/aromatic N) is 2. The molecule has 0 N–H and O–H groups in total. The van der Waals surface area contributed by atoms with E-state index in [2.05, 4.69) is 50.8 Å². The molecule has 1 heterocycles. The standard InChI is InChI=1S/C32H46N2O5/c1-7-29(35)34(26-12-9-8-10-13-26)32(22-37-6)17-20-33(21-18-32)19-16-30(36)38-23-39-31-27(24(2)3)14-11-15-28(31)25(4)5/h8-15,24-25H,7,16-23H2,1-6H3. The van der Waals surface area contributed by atoms with E-state index in [1.807, 2.05) is 42.2 Å². The highest BCUT2D eigenvalue weighted by Crippen LogP contribution is 2.36. The minimum Gasteiger partial charge on any atom is -0.457 e. The zero-order valence-corrected chi connectivity index (χ0v) is 24.6. The fraction of sp³-hybridized carbons (Fsp3) is 0.562. The summed E-state index contributed by atoms with van der Waals surface area (Å²) in [6.45, 7) is 13.0. The molecule has 0 unspecified atom stereocenters. The van der Waals surface area contributed by atoms with Crippen molar-refractivity contribution < 1.29 is 23.8 Å². The van der Waals surface area contributed by atoms with E-state index in [4.69, 9.17) is 14.2 Å². The second-order valence-corrected chi connectivity index (χ2v) is 11.0. The summed E-state index contributed by atoms with van der Waals surface area (Å²) in [4.78, 5) is 29.9. The number of piperidine rings is 1.